The zero-order chi connectivity index (χ0) is 56.7. The summed E-state index contributed by atoms with van der Waals surface area (Å²) in [6.07, 6.45) is -16.7. The summed E-state index contributed by atoms with van der Waals surface area (Å²) < 4.78 is 46.1. The van der Waals surface area contributed by atoms with E-state index in [-0.39, 0.29) is 49.0 Å². The van der Waals surface area contributed by atoms with Crippen LogP contribution in [-0.2, 0) is 37.9 Å². The van der Waals surface area contributed by atoms with Gasteiger partial charge in [0.1, 0.15) is 72.6 Å². The van der Waals surface area contributed by atoms with Crippen LogP contribution in [0.1, 0.15) is 25.7 Å². The smallest absolute Gasteiger partial charge is 0.222 e. The van der Waals surface area contributed by atoms with Crippen LogP contribution in [0.5, 0.6) is 0 Å². The molecule has 6 aliphatic heterocycles. The van der Waals surface area contributed by atoms with Crippen molar-refractivity contribution in [2.45, 2.75) is 123 Å². The van der Waals surface area contributed by atoms with Crippen LogP contribution < -0.4 is 21.6 Å². The lowest BCUT2D eigenvalue weighted by Gasteiger charge is -2.50. The second-order valence-electron chi connectivity index (χ2n) is 19.1. The van der Waals surface area contributed by atoms with Crippen LogP contribution in [0.3, 0.4) is 0 Å². The van der Waals surface area contributed by atoms with E-state index in [1.165, 1.54) is 39.4 Å². The number of rotatable bonds is 18. The van der Waals surface area contributed by atoms with Crippen molar-refractivity contribution < 1.29 is 99.2 Å². The molecule has 0 radical (unpaired) electrons. The van der Waals surface area contributed by atoms with Crippen molar-refractivity contribution in [1.29, 1.82) is 0 Å². The number of aliphatic hydroxyl groups is 12. The van der Waals surface area contributed by atoms with E-state index in [1.54, 1.807) is 0 Å². The number of thioether (sulfide) groups is 2. The normalized spacial score (nSPS) is 32.9. The minimum atomic E-state index is -1.49. The third kappa shape index (κ3) is 15.6. The second kappa shape index (κ2) is 30.1. The summed E-state index contributed by atoms with van der Waals surface area (Å²) in [4.78, 5) is 3.56. The summed E-state index contributed by atoms with van der Waals surface area (Å²) in [5.41, 5.74) is 13.8. The van der Waals surface area contributed by atoms with E-state index in [4.69, 9.17) is 49.2 Å². The molecule has 0 saturated carbocycles. The molecule has 27 heteroatoms. The molecule has 24 nitrogen and oxygen atoms in total. The van der Waals surface area contributed by atoms with E-state index >= 15 is 0 Å². The van der Waals surface area contributed by atoms with Crippen molar-refractivity contribution in [2.75, 3.05) is 64.2 Å². The summed E-state index contributed by atoms with van der Waals surface area (Å²) in [6.45, 7) is -1.21. The van der Waals surface area contributed by atoms with Crippen LogP contribution in [0.25, 0.3) is 10.4 Å². The highest BCUT2D eigenvalue weighted by Gasteiger charge is 2.57. The Morgan fingerprint density at radius 3 is 1.38 bits per heavy atom. The van der Waals surface area contributed by atoms with Crippen molar-refractivity contribution in [2.24, 2.45) is 10.8 Å². The Bertz CT molecular complexity index is 2370. The number of aliphatic hydroxyl groups excluding tert-OH is 12. The molecule has 3 aromatic carbocycles. The Morgan fingerprint density at radius 1 is 0.633 bits per heavy atom. The third-order valence-corrected chi connectivity index (χ3v) is 18.4. The Morgan fingerprint density at radius 2 is 1.03 bits per heavy atom. The van der Waals surface area contributed by atoms with Crippen LogP contribution in [0.4, 0.5) is 0 Å². The lowest BCUT2D eigenvalue weighted by Crippen LogP contribution is -2.62. The lowest BCUT2D eigenvalue weighted by molar-refractivity contribution is -0.320. The molecule has 2 spiro atoms. The third-order valence-electron chi connectivity index (χ3n) is 13.3. The molecule has 9 rings (SSSR count). The summed E-state index contributed by atoms with van der Waals surface area (Å²) >= 11 is 2.42. The molecule has 6 heterocycles. The number of hydrogen-bond acceptors (Lipinski definition) is 24. The van der Waals surface area contributed by atoms with E-state index in [1.807, 2.05) is 0 Å². The van der Waals surface area contributed by atoms with Gasteiger partial charge < -0.3 is 105 Å². The molecular weight excluding hydrogens is 1100 g/mol. The number of ether oxygens (including phenoxy) is 8. The fourth-order valence-electron chi connectivity index (χ4n) is 9.31. The number of azide groups is 1. The van der Waals surface area contributed by atoms with E-state index in [9.17, 15) is 61.3 Å². The van der Waals surface area contributed by atoms with Crippen LogP contribution in [0, 0.1) is 0 Å². The summed E-state index contributed by atoms with van der Waals surface area (Å²) in [5.74, 6) is -2.55. The van der Waals surface area contributed by atoms with Gasteiger partial charge >= 0.3 is 0 Å². The summed E-state index contributed by atoms with van der Waals surface area (Å²) in [5, 5.41) is 127. The molecule has 0 amide bonds. The van der Waals surface area contributed by atoms with Gasteiger partial charge in [-0.3, -0.25) is 0 Å². The largest absolute Gasteiger partial charge is 0.462 e. The molecule has 79 heavy (non-hydrogen) atoms. The average molecular weight is 1170 g/mol. The molecule has 6 aliphatic rings. The molecule has 436 valence electrons. The number of nitrogens with two attached hydrogens (primary N) is 1. The quantitative estimate of drug-likeness (QED) is 0.0232. The molecular formula is C52H71N4O20PS2. The van der Waals surface area contributed by atoms with Crippen LogP contribution in [0.15, 0.2) is 117 Å². The molecule has 0 bridgehead atoms. The minimum absolute atomic E-state index is 0.0439. The maximum Gasteiger partial charge on any atom is 0.222 e. The van der Waals surface area contributed by atoms with Gasteiger partial charge in [-0.1, -0.05) is 96.1 Å². The van der Waals surface area contributed by atoms with Gasteiger partial charge in [0.25, 0.3) is 0 Å². The van der Waals surface area contributed by atoms with Crippen LogP contribution in [-0.4, -0.2) is 223 Å². The van der Waals surface area contributed by atoms with Gasteiger partial charge in [-0.25, -0.2) is 0 Å². The number of benzene rings is 3. The number of nitrogens with zero attached hydrogens (tertiary/aromatic N) is 3. The van der Waals surface area contributed by atoms with E-state index in [2.05, 4.69) is 101 Å². The molecule has 2 saturated heterocycles. The summed E-state index contributed by atoms with van der Waals surface area (Å²) in [6, 6.07) is 32.3. The molecule has 0 aromatic heterocycles. The van der Waals surface area contributed by atoms with Crippen molar-refractivity contribution >= 4 is 47.4 Å². The molecule has 3 aromatic rings. The molecule has 10 unspecified atom stereocenters. The fourth-order valence-corrected chi connectivity index (χ4v) is 14.0. The van der Waals surface area contributed by atoms with E-state index < -0.39 is 132 Å². The van der Waals surface area contributed by atoms with Gasteiger partial charge in [0.2, 0.25) is 11.6 Å². The average Bonchev–Trinajstić information content (AvgIpc) is 3.67. The van der Waals surface area contributed by atoms with Crippen molar-refractivity contribution in [3.63, 3.8) is 0 Å². The van der Waals surface area contributed by atoms with E-state index in [0.717, 1.165) is 0 Å². The highest BCUT2D eigenvalue weighted by molar-refractivity contribution is 8.03. The van der Waals surface area contributed by atoms with Crippen molar-refractivity contribution in [3.8, 4) is 0 Å². The molecule has 14 N–H and O–H groups in total. The number of hydrogen-bond donors (Lipinski definition) is 13. The van der Waals surface area contributed by atoms with Gasteiger partial charge in [-0.15, -0.1) is 23.5 Å². The van der Waals surface area contributed by atoms with Gasteiger partial charge in [0, 0.05) is 24.3 Å². The first kappa shape index (κ1) is 63.0. The Hall–Kier alpha value is -3.58. The van der Waals surface area contributed by atoms with Crippen LogP contribution >= 0.6 is 31.4 Å². The first-order valence-corrected chi connectivity index (χ1v) is 29.0. The second-order valence-corrected chi connectivity index (χ2v) is 23.3. The Labute approximate surface area is 465 Å². The van der Waals surface area contributed by atoms with Crippen LogP contribution in [0.2, 0.25) is 0 Å². The predicted octanol–water partition coefficient (Wildman–Crippen LogP) is -1.27. The fraction of sp³-hybridized carbons (Fsp3) is 0.577. The zero-order valence-electron chi connectivity index (χ0n) is 43.0. The Balaban J connectivity index is 0.000000176. The van der Waals surface area contributed by atoms with Gasteiger partial charge in [-0.05, 0) is 48.8 Å². The van der Waals surface area contributed by atoms with Crippen molar-refractivity contribution in [3.05, 3.63) is 123 Å². The summed E-state index contributed by atoms with van der Waals surface area (Å²) in [7, 11) is -0.446. The van der Waals surface area contributed by atoms with Gasteiger partial charge in [0.05, 0.1) is 73.2 Å². The van der Waals surface area contributed by atoms with Crippen molar-refractivity contribution in [1.82, 2.24) is 0 Å². The first-order chi connectivity index (χ1) is 38.2. The molecule has 2 fully saturated rings. The van der Waals surface area contributed by atoms with E-state index in [0.29, 0.717) is 35.8 Å². The lowest BCUT2D eigenvalue weighted by atomic mass is 9.93. The minimum Gasteiger partial charge on any atom is -0.462 e. The predicted molar refractivity (Wildman–Crippen MR) is 289 cm³/mol. The molecule has 16 atom stereocenters. The first-order valence-electron chi connectivity index (χ1n) is 25.7. The highest BCUT2D eigenvalue weighted by atomic mass is 32.2. The Kier molecular flexibility index (Phi) is 24.0. The zero-order valence-corrected chi connectivity index (χ0v) is 45.5. The topological polar surface area (TPSA) is 391 Å². The maximum absolute atomic E-state index is 10.6. The van der Waals surface area contributed by atoms with Gasteiger partial charge in [-0.2, -0.15) is 0 Å². The van der Waals surface area contributed by atoms with Gasteiger partial charge in [0.15, 0.2) is 12.6 Å². The maximum atomic E-state index is 10.6. The standard InChI is InChI=1S/C18H15P.C17H27N3O10S.C17H29NO10S/c1-4-10-16(11-5-1)19(17-12-6-2-7-13-17)18-14-8-3-9-15-18;18-20-19-2-1-3-27-16-15-14(12(26)10(6-22)28-16)30-17(7-31-15)4-8(23)11(25)13(29-17)9(24)5-21;18-2-1-3-25-16-15-14(12(24)10(6-20)26-16)28-17(7-29-15)4-8(21)11(23)13(27-17)9(22)5-19/h1-15H;8-13,16,21-26H,1-7H2;8-13,16,19-24H,1-7,18H2/t;2*8?,9-,10?,11?,12?,13+,16?,17+/m.11/s1. The highest BCUT2D eigenvalue weighted by Crippen LogP contribution is 2.49. The monoisotopic (exact) mass is 1170 g/mol. The molecule has 0 aliphatic carbocycles. The SMILES string of the molecule is NCCCOC1OC(CO)C(O)C2=C1SC[C@]1(CC(O)C(O)[C@H]([C@H](O)CO)O1)O2.[N-]=[N+]=NCCCOC1OC(CO)C(O)C2=C1SC[C@]1(CC(O)C(O)[C@H]([C@H](O)CO)O1)O2.c1ccc(P(c2ccccc2)c2ccccc2)cc1.